The van der Waals surface area contributed by atoms with Gasteiger partial charge in [-0.15, -0.1) is 0 Å². The highest BCUT2D eigenvalue weighted by Crippen LogP contribution is 2.14. The molecule has 0 fully saturated rings. The number of hydrogen-bond acceptors (Lipinski definition) is 1. The molecule has 2 unspecified atom stereocenters. The van der Waals surface area contributed by atoms with Crippen LogP contribution in [0.4, 0.5) is 0 Å². The van der Waals surface area contributed by atoms with Gasteiger partial charge in [-0.2, -0.15) is 0 Å². The van der Waals surface area contributed by atoms with Crippen LogP contribution in [-0.4, -0.2) is 6.04 Å². The fourth-order valence-electron chi connectivity index (χ4n) is 1.49. The van der Waals surface area contributed by atoms with E-state index < -0.39 is 0 Å². The third-order valence-corrected chi connectivity index (χ3v) is 3.03. The Morgan fingerprint density at radius 1 is 1.14 bits per heavy atom. The molecule has 0 bridgehead atoms. The summed E-state index contributed by atoms with van der Waals surface area (Å²) >= 11 is 0. The van der Waals surface area contributed by atoms with Crippen LogP contribution in [0.25, 0.3) is 0 Å². The van der Waals surface area contributed by atoms with Gasteiger partial charge in [0.05, 0.1) is 0 Å². The molecule has 0 aromatic heterocycles. The molecule has 0 heterocycles. The minimum absolute atomic E-state index is 0.275. The third kappa shape index (κ3) is 2.85. The quantitative estimate of drug-likeness (QED) is 0.781. The first-order valence-electron chi connectivity index (χ1n) is 5.32. The van der Waals surface area contributed by atoms with Crippen LogP contribution in [0.1, 0.15) is 30.5 Å². The monoisotopic (exact) mass is 191 g/mol. The van der Waals surface area contributed by atoms with Gasteiger partial charge in [-0.05, 0) is 49.8 Å². The van der Waals surface area contributed by atoms with E-state index in [9.17, 15) is 0 Å². The van der Waals surface area contributed by atoms with E-state index in [4.69, 9.17) is 5.73 Å². The molecule has 1 rings (SSSR count). The molecule has 0 spiro atoms. The van der Waals surface area contributed by atoms with Crippen molar-refractivity contribution in [1.82, 2.24) is 0 Å². The standard InChI is InChI=1S/C13H21N/c1-9-5-6-13(7-10(9)2)8-11(3)12(4)14/h5-7,11-12H,8,14H2,1-4H3. The summed E-state index contributed by atoms with van der Waals surface area (Å²) in [6.07, 6.45) is 1.08. The highest BCUT2D eigenvalue weighted by Gasteiger charge is 2.08. The molecular formula is C13H21N. The summed E-state index contributed by atoms with van der Waals surface area (Å²) in [5, 5.41) is 0. The molecule has 1 heteroatoms. The van der Waals surface area contributed by atoms with Crippen molar-refractivity contribution >= 4 is 0 Å². The van der Waals surface area contributed by atoms with Crippen LogP contribution in [-0.2, 0) is 6.42 Å². The highest BCUT2D eigenvalue weighted by atomic mass is 14.6. The van der Waals surface area contributed by atoms with Gasteiger partial charge in [0.25, 0.3) is 0 Å². The second kappa shape index (κ2) is 4.61. The van der Waals surface area contributed by atoms with Gasteiger partial charge in [0.2, 0.25) is 0 Å². The zero-order valence-corrected chi connectivity index (χ0v) is 9.67. The van der Waals surface area contributed by atoms with Crippen molar-refractivity contribution in [2.45, 2.75) is 40.2 Å². The molecule has 1 nitrogen and oxygen atoms in total. The van der Waals surface area contributed by atoms with Crippen molar-refractivity contribution in [2.75, 3.05) is 0 Å². The Labute approximate surface area is 87.3 Å². The smallest absolute Gasteiger partial charge is 0.00393 e. The summed E-state index contributed by atoms with van der Waals surface area (Å²) in [7, 11) is 0. The first-order valence-corrected chi connectivity index (χ1v) is 5.32. The highest BCUT2D eigenvalue weighted by molar-refractivity contribution is 5.30. The van der Waals surface area contributed by atoms with Gasteiger partial charge >= 0.3 is 0 Å². The van der Waals surface area contributed by atoms with Gasteiger partial charge in [0.1, 0.15) is 0 Å². The Hall–Kier alpha value is -0.820. The largest absolute Gasteiger partial charge is 0.328 e. The predicted octanol–water partition coefficient (Wildman–Crippen LogP) is 2.83. The predicted molar refractivity (Wildman–Crippen MR) is 62.4 cm³/mol. The molecular weight excluding hydrogens is 170 g/mol. The van der Waals surface area contributed by atoms with Gasteiger partial charge < -0.3 is 5.73 Å². The van der Waals surface area contributed by atoms with Crippen molar-refractivity contribution in [3.8, 4) is 0 Å². The van der Waals surface area contributed by atoms with Crippen molar-refractivity contribution in [3.63, 3.8) is 0 Å². The van der Waals surface area contributed by atoms with Crippen LogP contribution >= 0.6 is 0 Å². The van der Waals surface area contributed by atoms with Crippen LogP contribution in [0.15, 0.2) is 18.2 Å². The van der Waals surface area contributed by atoms with E-state index in [1.54, 1.807) is 0 Å². The van der Waals surface area contributed by atoms with Gasteiger partial charge in [-0.3, -0.25) is 0 Å². The normalized spacial score (nSPS) is 15.2. The molecule has 0 amide bonds. The number of aryl methyl sites for hydroxylation is 2. The van der Waals surface area contributed by atoms with E-state index in [-0.39, 0.29) is 6.04 Å². The van der Waals surface area contributed by atoms with Crippen molar-refractivity contribution in [3.05, 3.63) is 34.9 Å². The summed E-state index contributed by atoms with van der Waals surface area (Å²) in [6.45, 7) is 8.59. The van der Waals surface area contributed by atoms with E-state index in [1.165, 1.54) is 16.7 Å². The lowest BCUT2D eigenvalue weighted by molar-refractivity contribution is 0.481. The van der Waals surface area contributed by atoms with Gasteiger partial charge in [0, 0.05) is 6.04 Å². The summed E-state index contributed by atoms with van der Waals surface area (Å²) in [6, 6.07) is 6.95. The van der Waals surface area contributed by atoms with Crippen LogP contribution in [0.3, 0.4) is 0 Å². The van der Waals surface area contributed by atoms with Crippen molar-refractivity contribution < 1.29 is 0 Å². The zero-order valence-electron chi connectivity index (χ0n) is 9.67. The average Bonchev–Trinajstić information content (AvgIpc) is 2.11. The summed E-state index contributed by atoms with van der Waals surface area (Å²) in [5.41, 5.74) is 9.99. The number of hydrogen-bond donors (Lipinski definition) is 1. The number of benzene rings is 1. The van der Waals surface area contributed by atoms with E-state index in [2.05, 4.69) is 45.9 Å². The first-order chi connectivity index (χ1) is 6.50. The maximum Gasteiger partial charge on any atom is 0.00393 e. The SMILES string of the molecule is Cc1ccc(CC(C)C(C)N)cc1C. The van der Waals surface area contributed by atoms with E-state index >= 15 is 0 Å². The van der Waals surface area contributed by atoms with Crippen LogP contribution in [0, 0.1) is 19.8 Å². The van der Waals surface area contributed by atoms with Crippen LogP contribution in [0.2, 0.25) is 0 Å². The topological polar surface area (TPSA) is 26.0 Å². The Morgan fingerprint density at radius 3 is 2.29 bits per heavy atom. The van der Waals surface area contributed by atoms with Crippen LogP contribution < -0.4 is 5.73 Å². The molecule has 1 aromatic rings. The second-order valence-corrected chi connectivity index (χ2v) is 4.46. The molecule has 14 heavy (non-hydrogen) atoms. The fraction of sp³-hybridized carbons (Fsp3) is 0.538. The number of nitrogens with two attached hydrogens (primary N) is 1. The Kier molecular flexibility index (Phi) is 3.70. The average molecular weight is 191 g/mol. The van der Waals surface area contributed by atoms with E-state index in [1.807, 2.05) is 0 Å². The Bertz CT molecular complexity index is 302. The maximum absolute atomic E-state index is 5.85. The molecule has 78 valence electrons. The first kappa shape index (κ1) is 11.3. The summed E-state index contributed by atoms with van der Waals surface area (Å²) < 4.78 is 0. The van der Waals surface area contributed by atoms with Gasteiger partial charge in [-0.1, -0.05) is 25.1 Å². The maximum atomic E-state index is 5.85. The van der Waals surface area contributed by atoms with Gasteiger partial charge in [-0.25, -0.2) is 0 Å². The lowest BCUT2D eigenvalue weighted by Crippen LogP contribution is -2.25. The van der Waals surface area contributed by atoms with Crippen molar-refractivity contribution in [2.24, 2.45) is 11.7 Å². The van der Waals surface area contributed by atoms with Crippen molar-refractivity contribution in [1.29, 1.82) is 0 Å². The van der Waals surface area contributed by atoms with E-state index in [0.29, 0.717) is 5.92 Å². The minimum atomic E-state index is 0.275. The number of rotatable bonds is 3. The Morgan fingerprint density at radius 2 is 1.79 bits per heavy atom. The summed E-state index contributed by atoms with van der Waals surface area (Å²) in [5.74, 6) is 0.553. The molecule has 0 aliphatic rings. The minimum Gasteiger partial charge on any atom is -0.328 e. The molecule has 0 saturated carbocycles. The second-order valence-electron chi connectivity index (χ2n) is 4.46. The molecule has 1 aromatic carbocycles. The fourth-order valence-corrected chi connectivity index (χ4v) is 1.49. The lowest BCUT2D eigenvalue weighted by atomic mass is 9.94. The lowest BCUT2D eigenvalue weighted by Gasteiger charge is -2.16. The summed E-state index contributed by atoms with van der Waals surface area (Å²) in [4.78, 5) is 0. The molecule has 0 radical (unpaired) electrons. The molecule has 0 aliphatic heterocycles. The van der Waals surface area contributed by atoms with E-state index in [0.717, 1.165) is 6.42 Å². The zero-order chi connectivity index (χ0) is 10.7. The Balaban J connectivity index is 2.73. The molecule has 0 aliphatic carbocycles. The molecule has 2 atom stereocenters. The molecule has 2 N–H and O–H groups in total. The third-order valence-electron chi connectivity index (χ3n) is 3.03. The van der Waals surface area contributed by atoms with Crippen LogP contribution in [0.5, 0.6) is 0 Å². The van der Waals surface area contributed by atoms with Gasteiger partial charge in [0.15, 0.2) is 0 Å². The molecule has 0 saturated heterocycles.